The third-order valence-corrected chi connectivity index (χ3v) is 4.12. The number of nitrogens with zero attached hydrogens (tertiary/aromatic N) is 2. The van der Waals surface area contributed by atoms with Gasteiger partial charge in [0, 0.05) is 11.6 Å². The smallest absolute Gasteiger partial charge is 0.254 e. The van der Waals surface area contributed by atoms with Crippen LogP contribution in [0.25, 0.3) is 5.69 Å². The molecule has 0 saturated heterocycles. The van der Waals surface area contributed by atoms with Crippen molar-refractivity contribution in [2.75, 3.05) is 6.54 Å². The predicted octanol–water partition coefficient (Wildman–Crippen LogP) is 3.54. The number of carbonyl (C=O) groups excluding carboxylic acids is 1. The maximum atomic E-state index is 12.5. The van der Waals surface area contributed by atoms with E-state index in [4.69, 9.17) is 11.6 Å². The molecule has 130 valence electrons. The van der Waals surface area contributed by atoms with Crippen LogP contribution in [-0.4, -0.2) is 33.4 Å². The van der Waals surface area contributed by atoms with Crippen molar-refractivity contribution in [1.82, 2.24) is 15.1 Å². The van der Waals surface area contributed by atoms with Crippen molar-refractivity contribution in [3.05, 3.63) is 46.7 Å². The molecule has 0 fully saturated rings. The van der Waals surface area contributed by atoms with E-state index in [1.165, 1.54) is 0 Å². The van der Waals surface area contributed by atoms with E-state index in [0.717, 1.165) is 11.4 Å². The fraction of sp³-hybridized carbons (Fsp3) is 0.444. The van der Waals surface area contributed by atoms with Gasteiger partial charge in [-0.1, -0.05) is 38.4 Å². The Morgan fingerprint density at radius 3 is 2.79 bits per heavy atom. The zero-order valence-electron chi connectivity index (χ0n) is 14.3. The minimum Gasteiger partial charge on any atom is -0.393 e. The molecule has 0 saturated carbocycles. The van der Waals surface area contributed by atoms with E-state index in [1.54, 1.807) is 16.9 Å². The molecule has 24 heavy (non-hydrogen) atoms. The second-order valence-corrected chi connectivity index (χ2v) is 6.53. The van der Waals surface area contributed by atoms with E-state index in [-0.39, 0.29) is 17.9 Å². The molecule has 0 aliphatic heterocycles. The molecule has 1 unspecified atom stereocenters. The van der Waals surface area contributed by atoms with Gasteiger partial charge in [0.25, 0.3) is 5.91 Å². The standard InChI is InChI=1S/C18H24ClN3O2/c1-4-15(23)8-9-20-18(24)16-11-21-22(17(16)12(2)3)14-7-5-6-13(19)10-14/h5-7,10-12,15,23H,4,8-9H2,1-3H3,(H,20,24). The van der Waals surface area contributed by atoms with Gasteiger partial charge in [0.2, 0.25) is 0 Å². The fourth-order valence-electron chi connectivity index (χ4n) is 2.55. The zero-order chi connectivity index (χ0) is 17.7. The first-order chi connectivity index (χ1) is 11.4. The van der Waals surface area contributed by atoms with Gasteiger partial charge >= 0.3 is 0 Å². The lowest BCUT2D eigenvalue weighted by Gasteiger charge is -2.13. The van der Waals surface area contributed by atoms with E-state index < -0.39 is 0 Å². The molecule has 0 aliphatic carbocycles. The lowest BCUT2D eigenvalue weighted by Crippen LogP contribution is -2.27. The zero-order valence-corrected chi connectivity index (χ0v) is 15.0. The van der Waals surface area contributed by atoms with Gasteiger partial charge in [-0.05, 0) is 37.0 Å². The Morgan fingerprint density at radius 2 is 2.17 bits per heavy atom. The summed E-state index contributed by atoms with van der Waals surface area (Å²) in [6.07, 6.45) is 2.42. The lowest BCUT2D eigenvalue weighted by atomic mass is 10.0. The van der Waals surface area contributed by atoms with Crippen molar-refractivity contribution >= 4 is 17.5 Å². The summed E-state index contributed by atoms with van der Waals surface area (Å²) in [5, 5.41) is 17.4. The first-order valence-corrected chi connectivity index (χ1v) is 8.62. The van der Waals surface area contributed by atoms with Crippen LogP contribution < -0.4 is 5.32 Å². The summed E-state index contributed by atoms with van der Waals surface area (Å²) in [6, 6.07) is 7.38. The molecule has 1 aromatic heterocycles. The number of hydrogen-bond donors (Lipinski definition) is 2. The summed E-state index contributed by atoms with van der Waals surface area (Å²) in [7, 11) is 0. The van der Waals surface area contributed by atoms with Crippen LogP contribution in [0.1, 0.15) is 55.6 Å². The van der Waals surface area contributed by atoms with Crippen molar-refractivity contribution < 1.29 is 9.90 Å². The van der Waals surface area contributed by atoms with Crippen LogP contribution in [0.3, 0.4) is 0 Å². The minimum absolute atomic E-state index is 0.119. The van der Waals surface area contributed by atoms with E-state index in [1.807, 2.05) is 39.0 Å². The van der Waals surface area contributed by atoms with Gasteiger partial charge in [-0.2, -0.15) is 5.10 Å². The molecule has 5 nitrogen and oxygen atoms in total. The summed E-state index contributed by atoms with van der Waals surface area (Å²) in [6.45, 7) is 6.40. The number of carbonyl (C=O) groups is 1. The summed E-state index contributed by atoms with van der Waals surface area (Å²) in [5.41, 5.74) is 2.22. The number of halogens is 1. The highest BCUT2D eigenvalue weighted by molar-refractivity contribution is 6.30. The maximum Gasteiger partial charge on any atom is 0.254 e. The Bertz CT molecular complexity index is 697. The average molecular weight is 350 g/mol. The molecule has 2 N–H and O–H groups in total. The summed E-state index contributed by atoms with van der Waals surface area (Å²) >= 11 is 6.06. The third kappa shape index (κ3) is 4.36. The van der Waals surface area contributed by atoms with Gasteiger partial charge in [-0.15, -0.1) is 0 Å². The van der Waals surface area contributed by atoms with Gasteiger partial charge < -0.3 is 10.4 Å². The quantitative estimate of drug-likeness (QED) is 0.803. The molecule has 6 heteroatoms. The van der Waals surface area contributed by atoms with Gasteiger partial charge in [0.05, 0.1) is 29.2 Å². The van der Waals surface area contributed by atoms with Crippen LogP contribution >= 0.6 is 11.6 Å². The number of nitrogens with one attached hydrogen (secondary N) is 1. The number of aromatic nitrogens is 2. The number of aliphatic hydroxyl groups is 1. The average Bonchev–Trinajstić information content (AvgIpc) is 2.99. The number of hydrogen-bond acceptors (Lipinski definition) is 3. The molecule has 0 radical (unpaired) electrons. The van der Waals surface area contributed by atoms with Crippen LogP contribution in [-0.2, 0) is 0 Å². The van der Waals surface area contributed by atoms with Crippen molar-refractivity contribution in [1.29, 1.82) is 0 Å². The molecule has 1 atom stereocenters. The van der Waals surface area contributed by atoms with Gasteiger partial charge in [-0.25, -0.2) is 4.68 Å². The normalized spacial score (nSPS) is 12.4. The summed E-state index contributed by atoms with van der Waals surface area (Å²) in [4.78, 5) is 12.5. The summed E-state index contributed by atoms with van der Waals surface area (Å²) in [5.74, 6) is -0.0521. The molecule has 1 heterocycles. The van der Waals surface area contributed by atoms with E-state index in [0.29, 0.717) is 30.0 Å². The molecule has 0 aliphatic rings. The van der Waals surface area contributed by atoms with Crippen LogP contribution in [0.4, 0.5) is 0 Å². The molecule has 1 amide bonds. The number of amides is 1. The number of rotatable bonds is 7. The molecule has 2 aromatic rings. The first-order valence-electron chi connectivity index (χ1n) is 8.24. The van der Waals surface area contributed by atoms with Crippen LogP contribution in [0.15, 0.2) is 30.5 Å². The molecule has 0 bridgehead atoms. The maximum absolute atomic E-state index is 12.5. The second kappa shape index (κ2) is 8.31. The van der Waals surface area contributed by atoms with E-state index in [9.17, 15) is 9.90 Å². The number of aliphatic hydroxyl groups excluding tert-OH is 1. The number of benzene rings is 1. The Balaban J connectivity index is 2.24. The van der Waals surface area contributed by atoms with Crippen molar-refractivity contribution in [3.8, 4) is 5.69 Å². The second-order valence-electron chi connectivity index (χ2n) is 6.10. The van der Waals surface area contributed by atoms with E-state index in [2.05, 4.69) is 10.4 Å². The topological polar surface area (TPSA) is 67.2 Å². The van der Waals surface area contributed by atoms with Gasteiger partial charge in [0.15, 0.2) is 0 Å². The highest BCUT2D eigenvalue weighted by Gasteiger charge is 2.20. The Hall–Kier alpha value is -1.85. The van der Waals surface area contributed by atoms with Crippen molar-refractivity contribution in [2.45, 2.75) is 45.6 Å². The SMILES string of the molecule is CCC(O)CCNC(=O)c1cnn(-c2cccc(Cl)c2)c1C(C)C. The Kier molecular flexibility index (Phi) is 6.40. The largest absolute Gasteiger partial charge is 0.393 e. The Labute approximate surface area is 147 Å². The third-order valence-electron chi connectivity index (χ3n) is 3.89. The Morgan fingerprint density at radius 1 is 1.42 bits per heavy atom. The molecular formula is C18H24ClN3O2. The predicted molar refractivity (Wildman–Crippen MR) is 95.9 cm³/mol. The molecule has 2 rings (SSSR count). The molecule has 1 aromatic carbocycles. The van der Waals surface area contributed by atoms with Gasteiger partial charge in [-0.3, -0.25) is 4.79 Å². The first kappa shape index (κ1) is 18.5. The van der Waals surface area contributed by atoms with E-state index >= 15 is 0 Å². The van der Waals surface area contributed by atoms with Crippen molar-refractivity contribution in [3.63, 3.8) is 0 Å². The van der Waals surface area contributed by atoms with Crippen LogP contribution in [0.2, 0.25) is 5.02 Å². The highest BCUT2D eigenvalue weighted by atomic mass is 35.5. The van der Waals surface area contributed by atoms with Gasteiger partial charge in [0.1, 0.15) is 0 Å². The fourth-order valence-corrected chi connectivity index (χ4v) is 2.74. The van der Waals surface area contributed by atoms with Crippen LogP contribution in [0.5, 0.6) is 0 Å². The molecular weight excluding hydrogens is 326 g/mol. The minimum atomic E-state index is -0.385. The van der Waals surface area contributed by atoms with Crippen molar-refractivity contribution in [2.24, 2.45) is 0 Å². The van der Waals surface area contributed by atoms with Crippen LogP contribution in [0, 0.1) is 0 Å². The summed E-state index contributed by atoms with van der Waals surface area (Å²) < 4.78 is 1.76. The molecule has 0 spiro atoms. The highest BCUT2D eigenvalue weighted by Crippen LogP contribution is 2.24. The monoisotopic (exact) mass is 349 g/mol. The lowest BCUT2D eigenvalue weighted by molar-refractivity contribution is 0.0940.